The SMILES string of the molecule is O=C(CCSc1ccc(OC(=O)C2CCCCC2)cc1)OC(=O)c1ccccc1. The molecule has 1 saturated carbocycles. The van der Waals surface area contributed by atoms with Crippen molar-refractivity contribution in [3.05, 3.63) is 60.2 Å². The fourth-order valence-electron chi connectivity index (χ4n) is 3.18. The average molecular weight is 413 g/mol. The number of esters is 3. The van der Waals surface area contributed by atoms with Gasteiger partial charge < -0.3 is 9.47 Å². The minimum Gasteiger partial charge on any atom is -0.426 e. The number of carbonyl (C=O) groups excluding carboxylic acids is 3. The van der Waals surface area contributed by atoms with Gasteiger partial charge >= 0.3 is 17.9 Å². The van der Waals surface area contributed by atoms with Crippen molar-refractivity contribution in [2.45, 2.75) is 43.4 Å². The maximum absolute atomic E-state index is 12.2. The molecular weight excluding hydrogens is 388 g/mol. The standard InChI is InChI=1S/C23H24O5S/c24-21(28-23(26)18-9-5-2-6-10-18)15-16-29-20-13-11-19(12-14-20)27-22(25)17-7-3-1-4-8-17/h2,5-6,9-14,17H,1,3-4,7-8,15-16H2. The lowest BCUT2D eigenvalue weighted by molar-refractivity contribution is -0.140. The highest BCUT2D eigenvalue weighted by Crippen LogP contribution is 2.27. The van der Waals surface area contributed by atoms with Crippen LogP contribution in [0.5, 0.6) is 5.75 Å². The molecule has 0 saturated heterocycles. The highest BCUT2D eigenvalue weighted by Gasteiger charge is 2.22. The molecule has 6 heteroatoms. The third kappa shape index (κ3) is 6.75. The molecule has 1 aliphatic rings. The molecule has 2 aromatic carbocycles. The van der Waals surface area contributed by atoms with Gasteiger partial charge in [0.15, 0.2) is 0 Å². The number of hydrogen-bond acceptors (Lipinski definition) is 6. The summed E-state index contributed by atoms with van der Waals surface area (Å²) in [5.74, 6) is -0.285. The summed E-state index contributed by atoms with van der Waals surface area (Å²) in [6.07, 6.45) is 5.33. The molecule has 0 unspecified atom stereocenters. The Kier molecular flexibility index (Phi) is 7.87. The molecule has 29 heavy (non-hydrogen) atoms. The molecule has 0 N–H and O–H groups in total. The molecule has 3 rings (SSSR count). The van der Waals surface area contributed by atoms with Crippen LogP contribution in [0.4, 0.5) is 0 Å². The molecule has 5 nitrogen and oxygen atoms in total. The number of ether oxygens (including phenoxy) is 2. The van der Waals surface area contributed by atoms with Crippen molar-refractivity contribution in [1.82, 2.24) is 0 Å². The maximum atomic E-state index is 12.2. The van der Waals surface area contributed by atoms with Crippen LogP contribution in [0.15, 0.2) is 59.5 Å². The van der Waals surface area contributed by atoms with Gasteiger partial charge in [0.2, 0.25) is 0 Å². The number of thioether (sulfide) groups is 1. The molecule has 0 spiro atoms. The minimum absolute atomic E-state index is 0.0161. The summed E-state index contributed by atoms with van der Waals surface area (Å²) in [6, 6.07) is 15.7. The second-order valence-corrected chi connectivity index (χ2v) is 8.12. The Morgan fingerprint density at radius 1 is 0.897 bits per heavy atom. The van der Waals surface area contributed by atoms with Crippen LogP contribution in [0, 0.1) is 5.92 Å². The molecule has 1 aliphatic carbocycles. The lowest BCUT2D eigenvalue weighted by atomic mass is 9.89. The Hall–Kier alpha value is -2.60. The first-order chi connectivity index (χ1) is 14.1. The Balaban J connectivity index is 1.39. The van der Waals surface area contributed by atoms with Gasteiger partial charge in [0.05, 0.1) is 17.9 Å². The first-order valence-corrected chi connectivity index (χ1v) is 10.8. The second-order valence-electron chi connectivity index (χ2n) is 6.95. The van der Waals surface area contributed by atoms with E-state index in [1.807, 2.05) is 12.1 Å². The molecule has 0 bridgehead atoms. The number of carbonyl (C=O) groups is 3. The van der Waals surface area contributed by atoms with Crippen LogP contribution in [-0.2, 0) is 14.3 Å². The van der Waals surface area contributed by atoms with E-state index in [2.05, 4.69) is 0 Å². The normalized spacial score (nSPS) is 14.2. The Morgan fingerprint density at radius 3 is 2.28 bits per heavy atom. The number of hydrogen-bond donors (Lipinski definition) is 0. The molecule has 0 amide bonds. The van der Waals surface area contributed by atoms with E-state index in [-0.39, 0.29) is 18.3 Å². The first kappa shape index (κ1) is 21.1. The van der Waals surface area contributed by atoms with Gasteiger partial charge in [0.25, 0.3) is 0 Å². The number of rotatable bonds is 7. The zero-order chi connectivity index (χ0) is 20.5. The molecule has 152 valence electrons. The molecule has 0 atom stereocenters. The van der Waals surface area contributed by atoms with Crippen molar-refractivity contribution >= 4 is 29.7 Å². The van der Waals surface area contributed by atoms with Crippen LogP contribution in [0.3, 0.4) is 0 Å². The van der Waals surface area contributed by atoms with Gasteiger partial charge in [0, 0.05) is 10.6 Å². The molecular formula is C23H24O5S. The topological polar surface area (TPSA) is 69.7 Å². The van der Waals surface area contributed by atoms with Crippen molar-refractivity contribution in [1.29, 1.82) is 0 Å². The van der Waals surface area contributed by atoms with Gasteiger partial charge in [-0.1, -0.05) is 37.5 Å². The predicted octanol–water partition coefficient (Wildman–Crippen LogP) is 5.04. The van der Waals surface area contributed by atoms with Crippen LogP contribution in [0.2, 0.25) is 0 Å². The van der Waals surface area contributed by atoms with Crippen LogP contribution >= 0.6 is 11.8 Å². The Morgan fingerprint density at radius 2 is 1.59 bits per heavy atom. The highest BCUT2D eigenvalue weighted by molar-refractivity contribution is 7.99. The van der Waals surface area contributed by atoms with E-state index < -0.39 is 11.9 Å². The smallest absolute Gasteiger partial charge is 0.345 e. The zero-order valence-corrected chi connectivity index (χ0v) is 17.0. The zero-order valence-electron chi connectivity index (χ0n) is 16.2. The minimum atomic E-state index is -0.635. The van der Waals surface area contributed by atoms with E-state index in [1.165, 1.54) is 18.2 Å². The monoisotopic (exact) mass is 412 g/mol. The van der Waals surface area contributed by atoms with E-state index in [0.29, 0.717) is 17.1 Å². The van der Waals surface area contributed by atoms with Gasteiger partial charge in [-0.3, -0.25) is 9.59 Å². The van der Waals surface area contributed by atoms with E-state index >= 15 is 0 Å². The van der Waals surface area contributed by atoms with Crippen LogP contribution in [0.1, 0.15) is 48.9 Å². The summed E-state index contributed by atoms with van der Waals surface area (Å²) in [5, 5.41) is 0. The Bertz CT molecular complexity index is 826. The maximum Gasteiger partial charge on any atom is 0.345 e. The largest absolute Gasteiger partial charge is 0.426 e. The summed E-state index contributed by atoms with van der Waals surface area (Å²) < 4.78 is 10.3. The lowest BCUT2D eigenvalue weighted by Gasteiger charge is -2.19. The van der Waals surface area contributed by atoms with Crippen LogP contribution in [-0.4, -0.2) is 23.7 Å². The van der Waals surface area contributed by atoms with Gasteiger partial charge in [0.1, 0.15) is 5.75 Å². The summed E-state index contributed by atoms with van der Waals surface area (Å²) in [4.78, 5) is 36.8. The third-order valence-electron chi connectivity index (χ3n) is 4.77. The van der Waals surface area contributed by atoms with Gasteiger partial charge in [-0.15, -0.1) is 11.8 Å². The highest BCUT2D eigenvalue weighted by atomic mass is 32.2. The predicted molar refractivity (Wildman–Crippen MR) is 111 cm³/mol. The van der Waals surface area contributed by atoms with Crippen LogP contribution in [0.25, 0.3) is 0 Å². The number of benzene rings is 2. The fraction of sp³-hybridized carbons (Fsp3) is 0.348. The van der Waals surface area contributed by atoms with Crippen molar-refractivity contribution in [3.8, 4) is 5.75 Å². The van der Waals surface area contributed by atoms with Gasteiger partial charge in [-0.05, 0) is 49.2 Å². The van der Waals surface area contributed by atoms with E-state index in [4.69, 9.17) is 9.47 Å². The quantitative estimate of drug-likeness (QED) is 0.275. The summed E-state index contributed by atoms with van der Waals surface area (Å²) >= 11 is 1.47. The van der Waals surface area contributed by atoms with Crippen molar-refractivity contribution in [2.24, 2.45) is 5.92 Å². The molecule has 2 aromatic rings. The summed E-state index contributed by atoms with van der Waals surface area (Å²) in [7, 11) is 0. The average Bonchev–Trinajstić information content (AvgIpc) is 2.76. The van der Waals surface area contributed by atoms with Gasteiger partial charge in [-0.2, -0.15) is 0 Å². The third-order valence-corrected chi connectivity index (χ3v) is 5.79. The molecule has 1 fully saturated rings. The Labute approximate surface area is 174 Å². The summed E-state index contributed by atoms with van der Waals surface area (Å²) in [6.45, 7) is 0. The summed E-state index contributed by atoms with van der Waals surface area (Å²) in [5.41, 5.74) is 0.354. The van der Waals surface area contributed by atoms with Crippen molar-refractivity contribution < 1.29 is 23.9 Å². The van der Waals surface area contributed by atoms with Crippen molar-refractivity contribution in [3.63, 3.8) is 0 Å². The lowest BCUT2D eigenvalue weighted by Crippen LogP contribution is -2.22. The second kappa shape index (κ2) is 10.8. The fourth-order valence-corrected chi connectivity index (χ4v) is 4.01. The first-order valence-electron chi connectivity index (χ1n) is 9.86. The van der Waals surface area contributed by atoms with Gasteiger partial charge in [-0.25, -0.2) is 4.79 Å². The molecule has 0 aliphatic heterocycles. The van der Waals surface area contributed by atoms with E-state index in [9.17, 15) is 14.4 Å². The van der Waals surface area contributed by atoms with E-state index in [1.54, 1.807) is 42.5 Å². The molecule has 0 heterocycles. The van der Waals surface area contributed by atoms with Crippen LogP contribution < -0.4 is 4.74 Å². The molecule has 0 aromatic heterocycles. The van der Waals surface area contributed by atoms with E-state index in [0.717, 1.165) is 30.6 Å². The molecule has 0 radical (unpaired) electrons. The van der Waals surface area contributed by atoms with Crippen molar-refractivity contribution in [2.75, 3.05) is 5.75 Å².